The van der Waals surface area contributed by atoms with E-state index in [9.17, 15) is 4.79 Å². The van der Waals surface area contributed by atoms with Gasteiger partial charge in [0, 0.05) is 37.5 Å². The van der Waals surface area contributed by atoms with Crippen LogP contribution in [0.2, 0.25) is 0 Å². The molecule has 5 heteroatoms. The average molecular weight is 276 g/mol. The predicted molar refractivity (Wildman–Crippen MR) is 74.9 cm³/mol. The smallest absolute Gasteiger partial charge is 0.220 e. The summed E-state index contributed by atoms with van der Waals surface area (Å²) in [5.74, 6) is 1.84. The quantitative estimate of drug-likeness (QED) is 0.868. The fourth-order valence-electron chi connectivity index (χ4n) is 2.60. The van der Waals surface area contributed by atoms with E-state index in [1.54, 1.807) is 0 Å². The summed E-state index contributed by atoms with van der Waals surface area (Å²) in [7, 11) is 0. The van der Waals surface area contributed by atoms with Crippen LogP contribution in [0, 0.1) is 0 Å². The number of hydrogen-bond acceptors (Lipinski definition) is 4. The standard InChI is InChI=1S/C15H20N2O3/c18-14-6-5-12(17-14)10-16-9-11-3-1-4-13-15(11)20-8-2-7-19-13/h1,3-4,12,16H,2,5-10H2,(H,17,18). The predicted octanol–water partition coefficient (Wildman–Crippen LogP) is 1.22. The minimum atomic E-state index is 0.155. The molecule has 5 nitrogen and oxygen atoms in total. The molecule has 0 saturated carbocycles. The number of benzene rings is 1. The maximum Gasteiger partial charge on any atom is 0.220 e. The zero-order valence-electron chi connectivity index (χ0n) is 11.5. The van der Waals surface area contributed by atoms with Gasteiger partial charge in [-0.2, -0.15) is 0 Å². The second-order valence-corrected chi connectivity index (χ2v) is 5.23. The molecular formula is C15H20N2O3. The van der Waals surface area contributed by atoms with E-state index in [4.69, 9.17) is 9.47 Å². The molecule has 1 amide bonds. The van der Waals surface area contributed by atoms with Crippen LogP contribution < -0.4 is 20.1 Å². The van der Waals surface area contributed by atoms with E-state index in [0.29, 0.717) is 19.6 Å². The normalized spacial score (nSPS) is 21.4. The van der Waals surface area contributed by atoms with Crippen molar-refractivity contribution in [2.24, 2.45) is 0 Å². The van der Waals surface area contributed by atoms with Crippen LogP contribution in [-0.2, 0) is 11.3 Å². The molecule has 3 rings (SSSR count). The molecule has 0 bridgehead atoms. The fraction of sp³-hybridized carbons (Fsp3) is 0.533. The van der Waals surface area contributed by atoms with Gasteiger partial charge in [-0.05, 0) is 12.5 Å². The molecule has 1 fully saturated rings. The molecule has 1 aromatic rings. The van der Waals surface area contributed by atoms with Crippen molar-refractivity contribution >= 4 is 5.91 Å². The van der Waals surface area contributed by atoms with Crippen molar-refractivity contribution in [2.75, 3.05) is 19.8 Å². The molecule has 0 aliphatic carbocycles. The van der Waals surface area contributed by atoms with Crippen LogP contribution in [0.1, 0.15) is 24.8 Å². The Morgan fingerprint density at radius 2 is 2.20 bits per heavy atom. The summed E-state index contributed by atoms with van der Waals surface area (Å²) in [4.78, 5) is 11.1. The molecule has 20 heavy (non-hydrogen) atoms. The first-order valence-electron chi connectivity index (χ1n) is 7.20. The van der Waals surface area contributed by atoms with E-state index < -0.39 is 0 Å². The van der Waals surface area contributed by atoms with Crippen LogP contribution in [-0.4, -0.2) is 31.7 Å². The number of nitrogens with one attached hydrogen (secondary N) is 2. The number of fused-ring (bicyclic) bond motifs is 1. The molecule has 0 aromatic heterocycles. The maximum absolute atomic E-state index is 11.1. The molecule has 1 unspecified atom stereocenters. The highest BCUT2D eigenvalue weighted by Gasteiger charge is 2.20. The van der Waals surface area contributed by atoms with E-state index in [1.807, 2.05) is 18.2 Å². The van der Waals surface area contributed by atoms with Crippen LogP contribution in [0.25, 0.3) is 0 Å². The molecule has 1 saturated heterocycles. The third-order valence-corrected chi connectivity index (χ3v) is 3.64. The lowest BCUT2D eigenvalue weighted by Gasteiger charge is -2.15. The van der Waals surface area contributed by atoms with Crippen LogP contribution in [0.4, 0.5) is 0 Å². The van der Waals surface area contributed by atoms with Crippen LogP contribution in [0.15, 0.2) is 18.2 Å². The van der Waals surface area contributed by atoms with E-state index in [0.717, 1.165) is 43.0 Å². The second kappa shape index (κ2) is 6.13. The Labute approximate surface area is 118 Å². The topological polar surface area (TPSA) is 59.6 Å². The van der Waals surface area contributed by atoms with E-state index in [2.05, 4.69) is 10.6 Å². The lowest BCUT2D eigenvalue weighted by Crippen LogP contribution is -2.35. The van der Waals surface area contributed by atoms with Crippen LogP contribution >= 0.6 is 0 Å². The van der Waals surface area contributed by atoms with Crippen LogP contribution in [0.5, 0.6) is 11.5 Å². The lowest BCUT2D eigenvalue weighted by molar-refractivity contribution is -0.119. The van der Waals surface area contributed by atoms with Crippen molar-refractivity contribution < 1.29 is 14.3 Å². The number of carbonyl (C=O) groups excluding carboxylic acids is 1. The van der Waals surface area contributed by atoms with Crippen molar-refractivity contribution in [3.63, 3.8) is 0 Å². The number of ether oxygens (including phenoxy) is 2. The number of rotatable bonds is 4. The monoisotopic (exact) mass is 276 g/mol. The lowest BCUT2D eigenvalue weighted by atomic mass is 10.1. The summed E-state index contributed by atoms with van der Waals surface area (Å²) in [5, 5.41) is 6.34. The van der Waals surface area contributed by atoms with Gasteiger partial charge in [0.25, 0.3) is 0 Å². The maximum atomic E-state index is 11.1. The highest BCUT2D eigenvalue weighted by atomic mass is 16.5. The van der Waals surface area contributed by atoms with E-state index in [-0.39, 0.29) is 11.9 Å². The molecule has 2 heterocycles. The summed E-state index contributed by atoms with van der Waals surface area (Å²) in [6, 6.07) is 6.23. The number of hydrogen-bond donors (Lipinski definition) is 2. The number of para-hydroxylation sites is 1. The van der Waals surface area contributed by atoms with Gasteiger partial charge in [-0.15, -0.1) is 0 Å². The number of amides is 1. The Bertz CT molecular complexity index is 490. The Balaban J connectivity index is 1.58. The highest BCUT2D eigenvalue weighted by molar-refractivity contribution is 5.78. The van der Waals surface area contributed by atoms with Crippen molar-refractivity contribution in [3.05, 3.63) is 23.8 Å². The minimum absolute atomic E-state index is 0.155. The van der Waals surface area contributed by atoms with Crippen molar-refractivity contribution in [3.8, 4) is 11.5 Å². The van der Waals surface area contributed by atoms with Gasteiger partial charge in [-0.3, -0.25) is 4.79 Å². The van der Waals surface area contributed by atoms with Crippen LogP contribution in [0.3, 0.4) is 0 Å². The SMILES string of the molecule is O=C1CCC(CNCc2cccc3c2OCCCO3)N1. The fourth-order valence-corrected chi connectivity index (χ4v) is 2.60. The number of carbonyl (C=O) groups is 1. The van der Waals surface area contributed by atoms with Gasteiger partial charge in [-0.25, -0.2) is 0 Å². The van der Waals surface area contributed by atoms with Gasteiger partial charge >= 0.3 is 0 Å². The van der Waals surface area contributed by atoms with Gasteiger partial charge in [0.15, 0.2) is 11.5 Å². The van der Waals surface area contributed by atoms with Crippen molar-refractivity contribution in [2.45, 2.75) is 31.8 Å². The second-order valence-electron chi connectivity index (χ2n) is 5.23. The first-order valence-corrected chi connectivity index (χ1v) is 7.20. The molecule has 0 radical (unpaired) electrons. The molecule has 2 aliphatic heterocycles. The van der Waals surface area contributed by atoms with Gasteiger partial charge in [0.2, 0.25) is 5.91 Å². The minimum Gasteiger partial charge on any atom is -0.490 e. The first kappa shape index (κ1) is 13.2. The van der Waals surface area contributed by atoms with E-state index >= 15 is 0 Å². The van der Waals surface area contributed by atoms with Gasteiger partial charge in [-0.1, -0.05) is 12.1 Å². The summed E-state index contributed by atoms with van der Waals surface area (Å²) in [5.41, 5.74) is 1.11. The Hall–Kier alpha value is -1.75. The summed E-state index contributed by atoms with van der Waals surface area (Å²) in [6.45, 7) is 2.91. The summed E-state index contributed by atoms with van der Waals surface area (Å²) in [6.07, 6.45) is 2.47. The van der Waals surface area contributed by atoms with Gasteiger partial charge in [0.1, 0.15) is 0 Å². The Kier molecular flexibility index (Phi) is 4.06. The summed E-state index contributed by atoms with van der Waals surface area (Å²) < 4.78 is 11.5. The Morgan fingerprint density at radius 3 is 3.05 bits per heavy atom. The molecule has 0 spiro atoms. The molecule has 108 valence electrons. The van der Waals surface area contributed by atoms with Crippen molar-refractivity contribution in [1.29, 1.82) is 0 Å². The molecule has 1 aromatic carbocycles. The zero-order chi connectivity index (χ0) is 13.8. The first-order chi connectivity index (χ1) is 9.83. The average Bonchev–Trinajstić information content (AvgIpc) is 2.73. The molecular weight excluding hydrogens is 256 g/mol. The van der Waals surface area contributed by atoms with Crippen molar-refractivity contribution in [1.82, 2.24) is 10.6 Å². The molecule has 2 N–H and O–H groups in total. The zero-order valence-corrected chi connectivity index (χ0v) is 11.5. The highest BCUT2D eigenvalue weighted by Crippen LogP contribution is 2.33. The third-order valence-electron chi connectivity index (χ3n) is 3.64. The molecule has 1 atom stereocenters. The molecule has 2 aliphatic rings. The van der Waals surface area contributed by atoms with Gasteiger partial charge < -0.3 is 20.1 Å². The van der Waals surface area contributed by atoms with E-state index in [1.165, 1.54) is 0 Å². The Morgan fingerprint density at radius 1 is 1.30 bits per heavy atom. The summed E-state index contributed by atoms with van der Waals surface area (Å²) >= 11 is 0. The van der Waals surface area contributed by atoms with Gasteiger partial charge in [0.05, 0.1) is 13.2 Å². The third kappa shape index (κ3) is 3.04. The largest absolute Gasteiger partial charge is 0.490 e.